The third-order valence-electron chi connectivity index (χ3n) is 5.88. The number of fused-ring (bicyclic) bond motifs is 2. The summed E-state index contributed by atoms with van der Waals surface area (Å²) in [6.45, 7) is 4.36. The zero-order chi connectivity index (χ0) is 23.3. The Kier molecular flexibility index (Phi) is 7.86. The maximum absolute atomic E-state index is 13.3. The minimum atomic E-state index is -0.833. The van der Waals surface area contributed by atoms with Crippen molar-refractivity contribution in [2.45, 2.75) is 44.2 Å². The third-order valence-corrected chi connectivity index (χ3v) is 7.06. The van der Waals surface area contributed by atoms with Crippen molar-refractivity contribution in [3.05, 3.63) is 21.4 Å². The highest BCUT2D eigenvalue weighted by Crippen LogP contribution is 2.43. The van der Waals surface area contributed by atoms with E-state index in [1.165, 1.54) is 23.3 Å². The van der Waals surface area contributed by atoms with Gasteiger partial charge in [-0.25, -0.2) is 0 Å². The summed E-state index contributed by atoms with van der Waals surface area (Å²) < 4.78 is 6.20. The monoisotopic (exact) mass is 466 g/mol. The summed E-state index contributed by atoms with van der Waals surface area (Å²) in [6.07, 6.45) is 2.58. The fraction of sp³-hybridized carbons (Fsp3) is 0.619. The van der Waals surface area contributed by atoms with Gasteiger partial charge in [0.05, 0.1) is 23.5 Å². The number of rotatable bonds is 3. The third kappa shape index (κ3) is 5.28. The van der Waals surface area contributed by atoms with E-state index >= 15 is 0 Å². The molecular formula is C21H30N4O6S. The van der Waals surface area contributed by atoms with Gasteiger partial charge in [-0.3, -0.25) is 19.2 Å². The number of hydrogen-bond donors (Lipinski definition) is 4. The fourth-order valence-electron chi connectivity index (χ4n) is 4.35. The molecule has 4 N–H and O–H groups in total. The molecule has 0 bridgehead atoms. The molecule has 4 rings (SSSR count). The molecule has 176 valence electrons. The lowest BCUT2D eigenvalue weighted by atomic mass is 9.83. The summed E-state index contributed by atoms with van der Waals surface area (Å²) in [6, 6.07) is 1.19. The number of amides is 3. The molecule has 2 saturated heterocycles. The Morgan fingerprint density at radius 1 is 1.31 bits per heavy atom. The van der Waals surface area contributed by atoms with E-state index in [2.05, 4.69) is 16.0 Å². The van der Waals surface area contributed by atoms with Crippen LogP contribution in [0.5, 0.6) is 0 Å². The maximum atomic E-state index is 13.3. The first-order valence-corrected chi connectivity index (χ1v) is 11.6. The molecule has 0 saturated carbocycles. The number of carboxylic acids is 1. The average Bonchev–Trinajstić information content (AvgIpc) is 3.21. The van der Waals surface area contributed by atoms with Gasteiger partial charge in [-0.15, -0.1) is 11.3 Å². The molecule has 32 heavy (non-hydrogen) atoms. The smallest absolute Gasteiger partial charge is 0.300 e. The van der Waals surface area contributed by atoms with Crippen LogP contribution in [0.15, 0.2) is 6.07 Å². The Labute approximate surface area is 190 Å². The van der Waals surface area contributed by atoms with Gasteiger partial charge in [0, 0.05) is 38.4 Å². The number of carbonyl (C=O) groups excluding carboxylic acids is 3. The van der Waals surface area contributed by atoms with Gasteiger partial charge in [0.25, 0.3) is 11.9 Å². The summed E-state index contributed by atoms with van der Waals surface area (Å²) in [7, 11) is 1.53. The lowest BCUT2D eigenvalue weighted by molar-refractivity contribution is -0.134. The second-order valence-corrected chi connectivity index (χ2v) is 9.13. The van der Waals surface area contributed by atoms with Crippen LogP contribution >= 0.6 is 11.3 Å². The van der Waals surface area contributed by atoms with E-state index in [0.29, 0.717) is 24.6 Å². The van der Waals surface area contributed by atoms with Crippen LogP contribution in [0.3, 0.4) is 0 Å². The summed E-state index contributed by atoms with van der Waals surface area (Å²) in [5.74, 6) is -1.54. The molecule has 1 aromatic rings. The quantitative estimate of drug-likeness (QED) is 0.495. The van der Waals surface area contributed by atoms with E-state index in [9.17, 15) is 14.4 Å². The van der Waals surface area contributed by atoms with Crippen LogP contribution in [0, 0.1) is 0 Å². The Hall–Kier alpha value is -2.50. The summed E-state index contributed by atoms with van der Waals surface area (Å²) in [5, 5.41) is 16.1. The topological polar surface area (TPSA) is 137 Å². The molecule has 0 aliphatic carbocycles. The number of hydrogen-bond acceptors (Lipinski definition) is 7. The molecule has 0 aromatic carbocycles. The van der Waals surface area contributed by atoms with Gasteiger partial charge in [-0.2, -0.15) is 0 Å². The van der Waals surface area contributed by atoms with Crippen molar-refractivity contribution in [2.75, 3.05) is 39.8 Å². The number of ether oxygens (including phenoxy) is 1. The number of aliphatic carboxylic acids is 1. The molecule has 3 aliphatic heterocycles. The van der Waals surface area contributed by atoms with Crippen LogP contribution in [0.1, 0.15) is 46.3 Å². The Morgan fingerprint density at radius 3 is 2.66 bits per heavy atom. The predicted octanol–water partition coefficient (Wildman–Crippen LogP) is 0.0671. The number of thiophene rings is 1. The highest BCUT2D eigenvalue weighted by atomic mass is 32.1. The molecule has 4 heterocycles. The largest absolute Gasteiger partial charge is 0.481 e. The van der Waals surface area contributed by atoms with E-state index in [0.717, 1.165) is 44.8 Å². The maximum Gasteiger partial charge on any atom is 0.300 e. The van der Waals surface area contributed by atoms with Crippen molar-refractivity contribution in [1.29, 1.82) is 0 Å². The molecule has 11 heteroatoms. The SMILES string of the molecule is CC(=O)O.CNC(=O)CC1C(=O)NCCN1C(=O)c1cc2c(s1)CCOC21CCNCC1. The highest BCUT2D eigenvalue weighted by molar-refractivity contribution is 7.14. The molecule has 0 radical (unpaired) electrons. The van der Waals surface area contributed by atoms with Crippen molar-refractivity contribution in [2.24, 2.45) is 0 Å². The van der Waals surface area contributed by atoms with Crippen molar-refractivity contribution >= 4 is 35.0 Å². The van der Waals surface area contributed by atoms with Gasteiger partial charge in [-0.05, 0) is 37.6 Å². The molecule has 1 aromatic heterocycles. The zero-order valence-corrected chi connectivity index (χ0v) is 19.2. The van der Waals surface area contributed by atoms with E-state index in [-0.39, 0.29) is 29.7 Å². The molecule has 10 nitrogen and oxygen atoms in total. The van der Waals surface area contributed by atoms with Gasteiger partial charge in [0.1, 0.15) is 6.04 Å². The second-order valence-electron chi connectivity index (χ2n) is 7.99. The summed E-state index contributed by atoms with van der Waals surface area (Å²) in [4.78, 5) is 49.8. The van der Waals surface area contributed by atoms with Gasteiger partial charge in [0.2, 0.25) is 11.8 Å². The predicted molar refractivity (Wildman–Crippen MR) is 118 cm³/mol. The minimum absolute atomic E-state index is 0.0299. The Morgan fingerprint density at radius 2 is 2.00 bits per heavy atom. The first kappa shape index (κ1) is 24.1. The van der Waals surface area contributed by atoms with Crippen LogP contribution in [0.2, 0.25) is 0 Å². The number of nitrogens with zero attached hydrogens (tertiary/aromatic N) is 1. The summed E-state index contributed by atoms with van der Waals surface area (Å²) in [5.41, 5.74) is 0.840. The molecule has 2 fully saturated rings. The van der Waals surface area contributed by atoms with E-state index < -0.39 is 12.0 Å². The Bertz CT molecular complexity index is 876. The number of nitrogens with one attached hydrogen (secondary N) is 3. The van der Waals surface area contributed by atoms with E-state index in [1.807, 2.05) is 6.07 Å². The van der Waals surface area contributed by atoms with Crippen molar-refractivity contribution in [3.63, 3.8) is 0 Å². The van der Waals surface area contributed by atoms with Crippen LogP contribution in [-0.2, 0) is 31.1 Å². The number of piperidine rings is 1. The molecule has 1 unspecified atom stereocenters. The molecular weight excluding hydrogens is 436 g/mol. The first-order chi connectivity index (χ1) is 15.3. The van der Waals surface area contributed by atoms with Crippen molar-refractivity contribution in [3.8, 4) is 0 Å². The van der Waals surface area contributed by atoms with Gasteiger partial charge >= 0.3 is 0 Å². The zero-order valence-electron chi connectivity index (χ0n) is 18.4. The number of piperazine rings is 1. The number of carbonyl (C=O) groups is 4. The van der Waals surface area contributed by atoms with Crippen LogP contribution < -0.4 is 16.0 Å². The van der Waals surface area contributed by atoms with Gasteiger partial charge in [0.15, 0.2) is 0 Å². The highest BCUT2D eigenvalue weighted by Gasteiger charge is 2.42. The average molecular weight is 467 g/mol. The van der Waals surface area contributed by atoms with E-state index in [1.54, 1.807) is 4.90 Å². The molecule has 3 amide bonds. The van der Waals surface area contributed by atoms with Gasteiger partial charge < -0.3 is 30.7 Å². The Balaban J connectivity index is 0.000000668. The molecule has 1 atom stereocenters. The van der Waals surface area contributed by atoms with Crippen molar-refractivity contribution in [1.82, 2.24) is 20.9 Å². The number of carboxylic acid groups (broad SMARTS) is 1. The standard InChI is InChI=1S/C19H26N4O4S.C2H4O2/c1-20-16(24)11-13-17(25)22-7-8-23(13)18(26)15-10-12-14(28-15)2-9-27-19(12)3-5-21-6-4-19;1-2(3)4/h10,13,21H,2-9,11H2,1H3,(H,20,24)(H,22,25);1H3,(H,3,4). The first-order valence-electron chi connectivity index (χ1n) is 10.7. The van der Waals surface area contributed by atoms with E-state index in [4.69, 9.17) is 14.6 Å². The summed E-state index contributed by atoms with van der Waals surface area (Å²) >= 11 is 1.51. The van der Waals surface area contributed by atoms with Crippen LogP contribution in [0.4, 0.5) is 0 Å². The molecule has 3 aliphatic rings. The second kappa shape index (κ2) is 10.4. The van der Waals surface area contributed by atoms with Crippen LogP contribution in [-0.4, -0.2) is 79.6 Å². The lowest BCUT2D eigenvalue weighted by Crippen LogP contribution is -2.58. The van der Waals surface area contributed by atoms with Crippen LogP contribution in [0.25, 0.3) is 0 Å². The van der Waals surface area contributed by atoms with Gasteiger partial charge in [-0.1, -0.05) is 0 Å². The van der Waals surface area contributed by atoms with Crippen molar-refractivity contribution < 1.29 is 29.0 Å². The minimum Gasteiger partial charge on any atom is -0.481 e. The fourth-order valence-corrected chi connectivity index (χ4v) is 5.53. The lowest BCUT2D eigenvalue weighted by Gasteiger charge is -2.40. The normalized spacial score (nSPS) is 21.6. The molecule has 1 spiro atoms.